The zero-order chi connectivity index (χ0) is 13.7. The molecule has 0 aromatic carbocycles. The average molecular weight is 251 g/mol. The van der Waals surface area contributed by atoms with Crippen molar-refractivity contribution in [3.8, 4) is 0 Å². The van der Waals surface area contributed by atoms with Gasteiger partial charge in [0.1, 0.15) is 0 Å². The third-order valence-corrected chi connectivity index (χ3v) is 3.56. The highest BCUT2D eigenvalue weighted by molar-refractivity contribution is 6.01. The molecule has 1 N–H and O–H groups in total. The predicted molar refractivity (Wildman–Crippen MR) is 70.2 cm³/mol. The molecule has 1 aliphatic carbocycles. The highest BCUT2D eigenvalue weighted by Gasteiger charge is 2.27. The van der Waals surface area contributed by atoms with Crippen molar-refractivity contribution in [3.05, 3.63) is 23.8 Å². The van der Waals surface area contributed by atoms with Crippen LogP contribution in [-0.2, 0) is 9.59 Å². The van der Waals surface area contributed by atoms with E-state index in [0.717, 1.165) is 25.7 Å². The zero-order valence-corrected chi connectivity index (χ0v) is 11.1. The van der Waals surface area contributed by atoms with Crippen molar-refractivity contribution in [1.82, 2.24) is 4.90 Å². The fourth-order valence-electron chi connectivity index (χ4n) is 2.29. The second-order valence-electron chi connectivity index (χ2n) is 4.74. The minimum Gasteiger partial charge on any atom is -0.478 e. The van der Waals surface area contributed by atoms with Gasteiger partial charge in [0, 0.05) is 23.7 Å². The van der Waals surface area contributed by atoms with Crippen LogP contribution in [0.25, 0.3) is 0 Å². The van der Waals surface area contributed by atoms with Crippen molar-refractivity contribution in [2.45, 2.75) is 45.6 Å². The Balaban J connectivity index is 2.91. The van der Waals surface area contributed by atoms with E-state index in [1.807, 2.05) is 0 Å². The van der Waals surface area contributed by atoms with Gasteiger partial charge in [0.25, 0.3) is 5.91 Å². The van der Waals surface area contributed by atoms with Crippen molar-refractivity contribution in [1.29, 1.82) is 0 Å². The minimum absolute atomic E-state index is 0.118. The maximum Gasteiger partial charge on any atom is 0.331 e. The van der Waals surface area contributed by atoms with Crippen molar-refractivity contribution >= 4 is 11.9 Å². The molecule has 1 rings (SSSR count). The summed E-state index contributed by atoms with van der Waals surface area (Å²) >= 11 is 0. The number of carboxylic acids is 1. The maximum atomic E-state index is 12.3. The Kier molecular flexibility index (Phi) is 5.13. The van der Waals surface area contributed by atoms with Crippen molar-refractivity contribution in [3.63, 3.8) is 0 Å². The molecule has 0 aromatic heterocycles. The number of nitrogens with zero attached hydrogens (tertiary/aromatic N) is 1. The summed E-state index contributed by atoms with van der Waals surface area (Å²) in [6, 6.07) is 0.229. The van der Waals surface area contributed by atoms with Crippen molar-refractivity contribution in [2.75, 3.05) is 6.54 Å². The lowest BCUT2D eigenvalue weighted by Gasteiger charge is -2.28. The first-order valence-corrected chi connectivity index (χ1v) is 6.31. The lowest BCUT2D eigenvalue weighted by molar-refractivity contribution is -0.134. The molecule has 0 aliphatic heterocycles. The summed E-state index contributed by atoms with van der Waals surface area (Å²) in [5, 5.41) is 8.93. The molecule has 0 heterocycles. The van der Waals surface area contributed by atoms with Crippen LogP contribution in [0, 0.1) is 0 Å². The van der Waals surface area contributed by atoms with Gasteiger partial charge in [-0.3, -0.25) is 4.79 Å². The van der Waals surface area contributed by atoms with E-state index in [1.54, 1.807) is 17.9 Å². The number of aliphatic carboxylic acids is 1. The number of carbonyl (C=O) groups excluding carboxylic acids is 1. The number of amides is 1. The molecule has 4 heteroatoms. The third-order valence-electron chi connectivity index (χ3n) is 3.56. The Bertz CT molecular complexity index is 379. The van der Waals surface area contributed by atoms with Gasteiger partial charge in [0.05, 0.1) is 0 Å². The first-order chi connectivity index (χ1) is 8.49. The van der Waals surface area contributed by atoms with E-state index >= 15 is 0 Å². The molecule has 0 bridgehead atoms. The molecule has 0 spiro atoms. The maximum absolute atomic E-state index is 12.3. The molecule has 1 amide bonds. The summed E-state index contributed by atoms with van der Waals surface area (Å²) in [4.78, 5) is 25.0. The SMILES string of the molecule is C=CCN(C(=O)C(C)=C(C)C(=O)O)C1CCCC1. The van der Waals surface area contributed by atoms with Crippen LogP contribution in [-0.4, -0.2) is 34.5 Å². The standard InChI is InChI=1S/C14H21NO3/c1-4-9-15(12-7-5-6-8-12)13(16)10(2)11(3)14(17)18/h4,12H,1,5-9H2,2-3H3,(H,17,18). The van der Waals surface area contributed by atoms with Gasteiger partial charge in [0.15, 0.2) is 0 Å². The molecule has 0 unspecified atom stereocenters. The molecule has 18 heavy (non-hydrogen) atoms. The highest BCUT2D eigenvalue weighted by atomic mass is 16.4. The van der Waals surface area contributed by atoms with E-state index < -0.39 is 5.97 Å². The molecule has 0 atom stereocenters. The van der Waals surface area contributed by atoms with Crippen LogP contribution < -0.4 is 0 Å². The quantitative estimate of drug-likeness (QED) is 0.603. The van der Waals surface area contributed by atoms with Crippen LogP contribution in [0.4, 0.5) is 0 Å². The molecule has 4 nitrogen and oxygen atoms in total. The van der Waals surface area contributed by atoms with E-state index in [4.69, 9.17) is 5.11 Å². The molecule has 1 saturated carbocycles. The Morgan fingerprint density at radius 1 is 1.28 bits per heavy atom. The third kappa shape index (κ3) is 3.22. The monoisotopic (exact) mass is 251 g/mol. The topological polar surface area (TPSA) is 57.6 Å². The molecule has 0 saturated heterocycles. The van der Waals surface area contributed by atoms with Crippen LogP contribution in [0.3, 0.4) is 0 Å². The van der Waals surface area contributed by atoms with Crippen LogP contribution in [0.1, 0.15) is 39.5 Å². The molecular formula is C14H21NO3. The number of carboxylic acid groups (broad SMARTS) is 1. The Labute approximate surface area is 108 Å². The summed E-state index contributed by atoms with van der Waals surface area (Å²) in [5.41, 5.74) is 0.434. The molecular weight excluding hydrogens is 230 g/mol. The van der Waals surface area contributed by atoms with E-state index in [0.29, 0.717) is 12.1 Å². The van der Waals surface area contributed by atoms with E-state index in [-0.39, 0.29) is 17.5 Å². The van der Waals surface area contributed by atoms with Gasteiger partial charge in [-0.2, -0.15) is 0 Å². The summed E-state index contributed by atoms with van der Waals surface area (Å²) in [6.07, 6.45) is 5.95. The average Bonchev–Trinajstić information content (AvgIpc) is 2.86. The van der Waals surface area contributed by atoms with Crippen LogP contribution in [0.5, 0.6) is 0 Å². The Morgan fingerprint density at radius 2 is 1.83 bits per heavy atom. The number of hydrogen-bond acceptors (Lipinski definition) is 2. The predicted octanol–water partition coefficient (Wildman–Crippen LogP) is 2.36. The van der Waals surface area contributed by atoms with Crippen LogP contribution in [0.15, 0.2) is 23.8 Å². The van der Waals surface area contributed by atoms with Gasteiger partial charge in [-0.15, -0.1) is 6.58 Å². The van der Waals surface area contributed by atoms with Gasteiger partial charge in [-0.1, -0.05) is 18.9 Å². The molecule has 0 aromatic rings. The summed E-state index contributed by atoms with van der Waals surface area (Å²) in [7, 11) is 0. The Morgan fingerprint density at radius 3 is 2.28 bits per heavy atom. The Hall–Kier alpha value is -1.58. The summed E-state index contributed by atoms with van der Waals surface area (Å²) in [5.74, 6) is -1.22. The van der Waals surface area contributed by atoms with Gasteiger partial charge >= 0.3 is 5.97 Å². The van der Waals surface area contributed by atoms with E-state index in [1.165, 1.54) is 6.92 Å². The van der Waals surface area contributed by atoms with Crippen LogP contribution in [0.2, 0.25) is 0 Å². The number of hydrogen-bond donors (Lipinski definition) is 1. The first-order valence-electron chi connectivity index (χ1n) is 6.31. The van der Waals surface area contributed by atoms with Crippen molar-refractivity contribution in [2.24, 2.45) is 0 Å². The number of rotatable bonds is 5. The smallest absolute Gasteiger partial charge is 0.331 e. The van der Waals surface area contributed by atoms with Crippen molar-refractivity contribution < 1.29 is 14.7 Å². The lowest BCUT2D eigenvalue weighted by Crippen LogP contribution is -2.39. The van der Waals surface area contributed by atoms with Crippen LogP contribution >= 0.6 is 0 Å². The highest BCUT2D eigenvalue weighted by Crippen LogP contribution is 2.25. The zero-order valence-electron chi connectivity index (χ0n) is 11.1. The number of carbonyl (C=O) groups is 2. The fourth-order valence-corrected chi connectivity index (χ4v) is 2.29. The molecule has 100 valence electrons. The summed E-state index contributed by atoms with van der Waals surface area (Å²) in [6.45, 7) is 7.20. The fraction of sp³-hybridized carbons (Fsp3) is 0.571. The van der Waals surface area contributed by atoms with E-state index in [2.05, 4.69) is 6.58 Å². The van der Waals surface area contributed by atoms with Gasteiger partial charge < -0.3 is 10.0 Å². The minimum atomic E-state index is -1.04. The first kappa shape index (κ1) is 14.5. The largest absolute Gasteiger partial charge is 0.478 e. The lowest BCUT2D eigenvalue weighted by atomic mass is 10.1. The normalized spacial score (nSPS) is 17.2. The second-order valence-corrected chi connectivity index (χ2v) is 4.74. The molecule has 0 radical (unpaired) electrons. The van der Waals surface area contributed by atoms with Gasteiger partial charge in [-0.25, -0.2) is 4.79 Å². The van der Waals surface area contributed by atoms with E-state index in [9.17, 15) is 9.59 Å². The van der Waals surface area contributed by atoms with Gasteiger partial charge in [0.2, 0.25) is 0 Å². The molecule has 1 fully saturated rings. The molecule has 1 aliphatic rings. The summed E-state index contributed by atoms with van der Waals surface area (Å²) < 4.78 is 0. The second kappa shape index (κ2) is 6.38. The van der Waals surface area contributed by atoms with Gasteiger partial charge in [-0.05, 0) is 26.7 Å².